The van der Waals surface area contributed by atoms with Crippen molar-refractivity contribution < 1.29 is 9.90 Å². The highest BCUT2D eigenvalue weighted by molar-refractivity contribution is 5.84. The van der Waals surface area contributed by atoms with Crippen molar-refractivity contribution >= 4 is 5.78 Å². The lowest BCUT2D eigenvalue weighted by molar-refractivity contribution is -0.129. The van der Waals surface area contributed by atoms with E-state index in [0.29, 0.717) is 0 Å². The summed E-state index contributed by atoms with van der Waals surface area (Å²) in [4.78, 5) is 11.9. The second-order valence-electron chi connectivity index (χ2n) is 4.57. The van der Waals surface area contributed by atoms with Gasteiger partial charge in [-0.1, -0.05) is 26.7 Å². The number of aromatic nitrogens is 2. The van der Waals surface area contributed by atoms with E-state index in [4.69, 9.17) is 0 Å². The van der Waals surface area contributed by atoms with Crippen LogP contribution in [0.1, 0.15) is 38.1 Å². The maximum Gasteiger partial charge on any atom is 0.167 e. The summed E-state index contributed by atoms with van der Waals surface area (Å²) in [7, 11) is 1.82. The number of aliphatic hydroxyl groups excluding tert-OH is 1. The molecule has 4 heteroatoms. The zero-order valence-electron chi connectivity index (χ0n) is 11.1. The molecule has 0 aliphatic rings. The van der Waals surface area contributed by atoms with Crippen molar-refractivity contribution in [2.75, 3.05) is 0 Å². The molecular weight excluding hydrogens is 216 g/mol. The average molecular weight is 238 g/mol. The quantitative estimate of drug-likeness (QED) is 0.819. The van der Waals surface area contributed by atoms with Crippen LogP contribution in [0.4, 0.5) is 0 Å². The van der Waals surface area contributed by atoms with Crippen LogP contribution in [0.5, 0.6) is 0 Å². The Kier molecular flexibility index (Phi) is 4.87. The maximum atomic E-state index is 11.9. The Morgan fingerprint density at radius 2 is 2.06 bits per heavy atom. The van der Waals surface area contributed by atoms with Crippen molar-refractivity contribution in [2.24, 2.45) is 13.0 Å². The van der Waals surface area contributed by atoms with Gasteiger partial charge in [0.25, 0.3) is 0 Å². The van der Waals surface area contributed by atoms with Crippen LogP contribution < -0.4 is 0 Å². The summed E-state index contributed by atoms with van der Waals surface area (Å²) in [6, 6.07) is 1.89. The Morgan fingerprint density at radius 1 is 1.47 bits per heavy atom. The molecule has 0 amide bonds. The highest BCUT2D eigenvalue weighted by Crippen LogP contribution is 2.15. The van der Waals surface area contributed by atoms with E-state index in [2.05, 4.69) is 5.10 Å². The molecule has 0 radical (unpaired) electrons. The molecular formula is C13H22N2O2. The van der Waals surface area contributed by atoms with Gasteiger partial charge < -0.3 is 5.11 Å². The summed E-state index contributed by atoms with van der Waals surface area (Å²) in [5, 5.41) is 14.1. The molecule has 1 heterocycles. The second-order valence-corrected chi connectivity index (χ2v) is 4.57. The molecule has 1 N–H and O–H groups in total. The SMILES string of the molecule is CCC(CC)C(O)C(=O)Cc1cc(C)nn1C. The molecule has 17 heavy (non-hydrogen) atoms. The number of hydrogen-bond acceptors (Lipinski definition) is 3. The third kappa shape index (κ3) is 3.40. The fourth-order valence-corrected chi connectivity index (χ4v) is 2.11. The molecule has 1 aromatic rings. The zero-order valence-corrected chi connectivity index (χ0v) is 11.1. The first kappa shape index (κ1) is 13.9. The second kappa shape index (κ2) is 5.96. The van der Waals surface area contributed by atoms with Gasteiger partial charge in [-0.3, -0.25) is 9.48 Å². The molecule has 1 aromatic heterocycles. The van der Waals surface area contributed by atoms with Crippen molar-refractivity contribution in [2.45, 2.75) is 46.1 Å². The normalized spacial score (nSPS) is 13.1. The fraction of sp³-hybridized carbons (Fsp3) is 0.692. The van der Waals surface area contributed by atoms with Gasteiger partial charge in [-0.2, -0.15) is 5.10 Å². The van der Waals surface area contributed by atoms with Crippen LogP contribution in [-0.2, 0) is 18.3 Å². The van der Waals surface area contributed by atoms with E-state index in [9.17, 15) is 9.90 Å². The van der Waals surface area contributed by atoms with E-state index in [1.165, 1.54) is 0 Å². The first-order valence-electron chi connectivity index (χ1n) is 6.19. The van der Waals surface area contributed by atoms with E-state index in [0.717, 1.165) is 24.2 Å². The lowest BCUT2D eigenvalue weighted by Crippen LogP contribution is -2.30. The molecule has 96 valence electrons. The smallest absolute Gasteiger partial charge is 0.167 e. The number of aryl methyl sites for hydroxylation is 2. The Hall–Kier alpha value is -1.16. The molecule has 0 aliphatic carbocycles. The predicted octanol–water partition coefficient (Wildman–Crippen LogP) is 1.64. The van der Waals surface area contributed by atoms with Crippen LogP contribution in [0.15, 0.2) is 6.07 Å². The number of aliphatic hydroxyl groups is 1. The molecule has 0 aromatic carbocycles. The van der Waals surface area contributed by atoms with E-state index in [-0.39, 0.29) is 18.1 Å². The third-order valence-corrected chi connectivity index (χ3v) is 3.28. The Labute approximate surface area is 103 Å². The van der Waals surface area contributed by atoms with Gasteiger partial charge in [-0.25, -0.2) is 0 Å². The number of Topliss-reactive ketones (excluding diaryl/α,β-unsaturated/α-hetero) is 1. The molecule has 4 nitrogen and oxygen atoms in total. The number of hydrogen-bond donors (Lipinski definition) is 1. The van der Waals surface area contributed by atoms with Gasteiger partial charge in [-0.05, 0) is 18.9 Å². The first-order valence-corrected chi connectivity index (χ1v) is 6.19. The number of carbonyl (C=O) groups excluding carboxylic acids is 1. The molecule has 1 atom stereocenters. The summed E-state index contributed by atoms with van der Waals surface area (Å²) in [5.41, 5.74) is 1.75. The van der Waals surface area contributed by atoms with Crippen molar-refractivity contribution in [1.82, 2.24) is 9.78 Å². The first-order chi connectivity index (χ1) is 7.99. The van der Waals surface area contributed by atoms with Crippen molar-refractivity contribution in [3.63, 3.8) is 0 Å². The summed E-state index contributed by atoms with van der Waals surface area (Å²) in [6.45, 7) is 5.89. The van der Waals surface area contributed by atoms with E-state index in [1.807, 2.05) is 33.9 Å². The highest BCUT2D eigenvalue weighted by atomic mass is 16.3. The molecule has 0 saturated carbocycles. The Bertz CT molecular complexity index is 381. The zero-order chi connectivity index (χ0) is 13.0. The minimum atomic E-state index is -0.847. The number of rotatable bonds is 6. The van der Waals surface area contributed by atoms with Crippen molar-refractivity contribution in [3.8, 4) is 0 Å². The third-order valence-electron chi connectivity index (χ3n) is 3.28. The summed E-state index contributed by atoms with van der Waals surface area (Å²) in [6.07, 6.45) is 1.07. The Morgan fingerprint density at radius 3 is 2.47 bits per heavy atom. The fourth-order valence-electron chi connectivity index (χ4n) is 2.11. The molecule has 0 aliphatic heterocycles. The van der Waals surface area contributed by atoms with Crippen LogP contribution in [0.3, 0.4) is 0 Å². The van der Waals surface area contributed by atoms with Crippen LogP contribution in [0, 0.1) is 12.8 Å². The molecule has 0 fully saturated rings. The highest BCUT2D eigenvalue weighted by Gasteiger charge is 2.24. The maximum absolute atomic E-state index is 11.9. The summed E-state index contributed by atoms with van der Waals surface area (Å²) in [5.74, 6) is -0.0430. The standard InChI is InChI=1S/C13H22N2O2/c1-5-10(6-2)13(17)12(16)8-11-7-9(3)14-15(11)4/h7,10,13,17H,5-6,8H2,1-4H3. The van der Waals surface area contributed by atoms with Crippen LogP contribution >= 0.6 is 0 Å². The average Bonchev–Trinajstić information content (AvgIpc) is 2.59. The molecule has 0 spiro atoms. The molecule has 0 saturated heterocycles. The largest absolute Gasteiger partial charge is 0.385 e. The Balaban J connectivity index is 2.69. The topological polar surface area (TPSA) is 55.1 Å². The van der Waals surface area contributed by atoms with Crippen LogP contribution in [-0.4, -0.2) is 26.8 Å². The van der Waals surface area contributed by atoms with Gasteiger partial charge in [0.15, 0.2) is 5.78 Å². The summed E-state index contributed by atoms with van der Waals surface area (Å²) < 4.78 is 1.70. The number of ketones is 1. The van der Waals surface area contributed by atoms with E-state index < -0.39 is 6.10 Å². The van der Waals surface area contributed by atoms with Gasteiger partial charge in [0.1, 0.15) is 6.10 Å². The minimum Gasteiger partial charge on any atom is -0.385 e. The lowest BCUT2D eigenvalue weighted by Gasteiger charge is -2.18. The summed E-state index contributed by atoms with van der Waals surface area (Å²) >= 11 is 0. The van der Waals surface area contributed by atoms with Crippen LogP contribution in [0.2, 0.25) is 0 Å². The molecule has 0 bridgehead atoms. The monoisotopic (exact) mass is 238 g/mol. The van der Waals surface area contributed by atoms with E-state index in [1.54, 1.807) is 4.68 Å². The minimum absolute atomic E-state index is 0.0665. The predicted molar refractivity (Wildman–Crippen MR) is 66.7 cm³/mol. The van der Waals surface area contributed by atoms with E-state index >= 15 is 0 Å². The van der Waals surface area contributed by atoms with Gasteiger partial charge in [-0.15, -0.1) is 0 Å². The van der Waals surface area contributed by atoms with Gasteiger partial charge in [0.05, 0.1) is 12.1 Å². The lowest BCUT2D eigenvalue weighted by atomic mass is 9.92. The molecule has 1 rings (SSSR count). The van der Waals surface area contributed by atoms with Crippen molar-refractivity contribution in [1.29, 1.82) is 0 Å². The van der Waals surface area contributed by atoms with Gasteiger partial charge in [0.2, 0.25) is 0 Å². The molecule has 1 unspecified atom stereocenters. The van der Waals surface area contributed by atoms with Crippen LogP contribution in [0.25, 0.3) is 0 Å². The van der Waals surface area contributed by atoms with Gasteiger partial charge >= 0.3 is 0 Å². The van der Waals surface area contributed by atoms with Crippen molar-refractivity contribution in [3.05, 3.63) is 17.5 Å². The van der Waals surface area contributed by atoms with Gasteiger partial charge in [0, 0.05) is 12.7 Å². The number of nitrogens with zero attached hydrogens (tertiary/aromatic N) is 2. The number of carbonyl (C=O) groups is 1.